The van der Waals surface area contributed by atoms with Crippen molar-refractivity contribution in [2.24, 2.45) is 0 Å². The van der Waals surface area contributed by atoms with Crippen LogP contribution >= 0.6 is 15.9 Å². The minimum atomic E-state index is -1.05. The van der Waals surface area contributed by atoms with Crippen LogP contribution in [0.3, 0.4) is 0 Å². The molecule has 0 aliphatic rings. The predicted octanol–water partition coefficient (Wildman–Crippen LogP) is 3.10. The Balaban J connectivity index is 3.31. The van der Waals surface area contributed by atoms with Gasteiger partial charge in [-0.1, -0.05) is 6.58 Å². The second-order valence-corrected chi connectivity index (χ2v) is 3.17. The summed E-state index contributed by atoms with van der Waals surface area (Å²) in [6.07, 6.45) is 1.04. The third-order valence-electron chi connectivity index (χ3n) is 1.46. The highest BCUT2D eigenvalue weighted by Crippen LogP contribution is 2.21. The summed E-state index contributed by atoms with van der Waals surface area (Å²) in [7, 11) is 0. The number of hydrogen-bond acceptors (Lipinski definition) is 1. The van der Waals surface area contributed by atoms with E-state index in [1.54, 1.807) is 0 Å². The van der Waals surface area contributed by atoms with Gasteiger partial charge in [-0.25, -0.2) is 8.78 Å². The van der Waals surface area contributed by atoms with Crippen LogP contribution < -0.4 is 0 Å². The van der Waals surface area contributed by atoms with E-state index in [1.165, 1.54) is 0 Å². The van der Waals surface area contributed by atoms with Crippen LogP contribution in [-0.2, 0) is 0 Å². The molecule has 0 atom stereocenters. The first-order valence-corrected chi connectivity index (χ1v) is 4.17. The van der Waals surface area contributed by atoms with Crippen LogP contribution in [0.25, 0.3) is 0 Å². The van der Waals surface area contributed by atoms with Crippen molar-refractivity contribution in [3.63, 3.8) is 0 Å². The SMILES string of the molecule is C=CC(=O)c1cc(F)c(F)cc1Br. The molecule has 0 radical (unpaired) electrons. The van der Waals surface area contributed by atoms with Crippen molar-refractivity contribution in [3.8, 4) is 0 Å². The quantitative estimate of drug-likeness (QED) is 0.446. The third-order valence-corrected chi connectivity index (χ3v) is 2.12. The van der Waals surface area contributed by atoms with Gasteiger partial charge in [0.05, 0.1) is 0 Å². The number of hydrogen-bond donors (Lipinski definition) is 0. The van der Waals surface area contributed by atoms with E-state index in [1.807, 2.05) is 0 Å². The predicted molar refractivity (Wildman–Crippen MR) is 48.6 cm³/mol. The van der Waals surface area contributed by atoms with Crippen molar-refractivity contribution in [2.75, 3.05) is 0 Å². The van der Waals surface area contributed by atoms with E-state index in [0.717, 1.165) is 18.2 Å². The molecule has 1 aromatic carbocycles. The van der Waals surface area contributed by atoms with Crippen LogP contribution in [-0.4, -0.2) is 5.78 Å². The second kappa shape index (κ2) is 3.79. The normalized spacial score (nSPS) is 9.77. The van der Waals surface area contributed by atoms with Gasteiger partial charge in [-0.2, -0.15) is 0 Å². The summed E-state index contributed by atoms with van der Waals surface area (Å²) in [4.78, 5) is 11.1. The molecular formula is C9H5BrF2O. The molecule has 4 heteroatoms. The average Bonchev–Trinajstić information content (AvgIpc) is 2.10. The Kier molecular flexibility index (Phi) is 2.93. The van der Waals surface area contributed by atoms with Crippen molar-refractivity contribution in [1.82, 2.24) is 0 Å². The van der Waals surface area contributed by atoms with Gasteiger partial charge < -0.3 is 0 Å². The molecule has 0 saturated carbocycles. The Morgan fingerprint density at radius 1 is 1.38 bits per heavy atom. The summed E-state index contributed by atoms with van der Waals surface area (Å²) in [6.45, 7) is 3.24. The maximum atomic E-state index is 12.7. The molecule has 0 saturated heterocycles. The van der Waals surface area contributed by atoms with Crippen LogP contribution in [0.4, 0.5) is 8.78 Å². The third kappa shape index (κ3) is 2.01. The van der Waals surface area contributed by atoms with Crippen LogP contribution in [0.2, 0.25) is 0 Å². The molecule has 0 unspecified atom stereocenters. The van der Waals surface area contributed by atoms with E-state index in [2.05, 4.69) is 22.5 Å². The molecular weight excluding hydrogens is 242 g/mol. The molecule has 1 nitrogen and oxygen atoms in total. The van der Waals surface area contributed by atoms with Gasteiger partial charge in [0.2, 0.25) is 0 Å². The summed E-state index contributed by atoms with van der Waals surface area (Å²) < 4.78 is 25.5. The number of benzene rings is 1. The number of ketones is 1. The molecule has 68 valence electrons. The van der Waals surface area contributed by atoms with Crippen LogP contribution in [0.15, 0.2) is 29.3 Å². The molecule has 1 rings (SSSR count). The fourth-order valence-electron chi connectivity index (χ4n) is 0.821. The maximum Gasteiger partial charge on any atom is 0.186 e. The zero-order chi connectivity index (χ0) is 10.0. The van der Waals surface area contributed by atoms with Gasteiger partial charge >= 0.3 is 0 Å². The van der Waals surface area contributed by atoms with Crippen molar-refractivity contribution in [3.05, 3.63) is 46.5 Å². The second-order valence-electron chi connectivity index (χ2n) is 2.31. The zero-order valence-corrected chi connectivity index (χ0v) is 8.07. The lowest BCUT2D eigenvalue weighted by atomic mass is 10.1. The number of allylic oxidation sites excluding steroid dienone is 1. The minimum Gasteiger partial charge on any atom is -0.289 e. The molecule has 0 aliphatic carbocycles. The molecule has 13 heavy (non-hydrogen) atoms. The summed E-state index contributed by atoms with van der Waals surface area (Å²) in [5, 5.41) is 0. The fourth-order valence-corrected chi connectivity index (χ4v) is 1.33. The highest BCUT2D eigenvalue weighted by molar-refractivity contribution is 9.10. The smallest absolute Gasteiger partial charge is 0.186 e. The Morgan fingerprint density at radius 3 is 2.46 bits per heavy atom. The van der Waals surface area contributed by atoms with Crippen LogP contribution in [0.5, 0.6) is 0 Å². The van der Waals surface area contributed by atoms with Crippen molar-refractivity contribution >= 4 is 21.7 Å². The van der Waals surface area contributed by atoms with E-state index in [-0.39, 0.29) is 10.0 Å². The van der Waals surface area contributed by atoms with Gasteiger partial charge in [0.15, 0.2) is 17.4 Å². The first-order chi connectivity index (χ1) is 6.06. The number of carbonyl (C=O) groups is 1. The highest BCUT2D eigenvalue weighted by Gasteiger charge is 2.11. The standard InChI is InChI=1S/C9H5BrF2O/c1-2-9(13)5-3-7(11)8(12)4-6(5)10/h2-4H,1H2. The lowest BCUT2D eigenvalue weighted by molar-refractivity contribution is 0.104. The molecule has 0 aliphatic heterocycles. The van der Waals surface area contributed by atoms with E-state index < -0.39 is 17.4 Å². The molecule has 0 spiro atoms. The van der Waals surface area contributed by atoms with Crippen LogP contribution in [0, 0.1) is 11.6 Å². The average molecular weight is 247 g/mol. The first kappa shape index (κ1) is 10.1. The Hall–Kier alpha value is -1.03. The van der Waals surface area contributed by atoms with Crippen molar-refractivity contribution in [2.45, 2.75) is 0 Å². The number of carbonyl (C=O) groups excluding carboxylic acids is 1. The molecule has 0 heterocycles. The van der Waals surface area contributed by atoms with Gasteiger partial charge in [0.1, 0.15) is 0 Å². The molecule has 0 aromatic heterocycles. The summed E-state index contributed by atoms with van der Waals surface area (Å²) in [5.74, 6) is -2.49. The van der Waals surface area contributed by atoms with E-state index >= 15 is 0 Å². The summed E-state index contributed by atoms with van der Waals surface area (Å²) >= 11 is 2.95. The molecule has 0 amide bonds. The highest BCUT2D eigenvalue weighted by atomic mass is 79.9. The Morgan fingerprint density at radius 2 is 1.92 bits per heavy atom. The minimum absolute atomic E-state index is 0.0638. The monoisotopic (exact) mass is 246 g/mol. The van der Waals surface area contributed by atoms with Gasteiger partial charge in [-0.15, -0.1) is 0 Å². The number of rotatable bonds is 2. The molecule has 1 aromatic rings. The molecule has 0 N–H and O–H groups in total. The van der Waals surface area contributed by atoms with Crippen molar-refractivity contribution in [1.29, 1.82) is 0 Å². The van der Waals surface area contributed by atoms with E-state index in [4.69, 9.17) is 0 Å². The van der Waals surface area contributed by atoms with Gasteiger partial charge in [-0.05, 0) is 34.1 Å². The van der Waals surface area contributed by atoms with Gasteiger partial charge in [0.25, 0.3) is 0 Å². The summed E-state index contributed by atoms with van der Waals surface area (Å²) in [6, 6.07) is 1.75. The molecule has 0 fully saturated rings. The Labute approximate surface area is 82.2 Å². The van der Waals surface area contributed by atoms with Gasteiger partial charge in [-0.3, -0.25) is 4.79 Å². The van der Waals surface area contributed by atoms with Crippen molar-refractivity contribution < 1.29 is 13.6 Å². The largest absolute Gasteiger partial charge is 0.289 e. The van der Waals surface area contributed by atoms with Crippen LogP contribution in [0.1, 0.15) is 10.4 Å². The lowest BCUT2D eigenvalue weighted by Gasteiger charge is -2.00. The first-order valence-electron chi connectivity index (χ1n) is 3.37. The van der Waals surface area contributed by atoms with E-state index in [9.17, 15) is 13.6 Å². The molecule has 0 bridgehead atoms. The lowest BCUT2D eigenvalue weighted by Crippen LogP contribution is -1.98. The Bertz CT molecular complexity index is 374. The van der Waals surface area contributed by atoms with E-state index in [0.29, 0.717) is 0 Å². The maximum absolute atomic E-state index is 12.7. The fraction of sp³-hybridized carbons (Fsp3) is 0. The summed E-state index contributed by atoms with van der Waals surface area (Å²) in [5.41, 5.74) is 0.0638. The number of halogens is 3. The zero-order valence-electron chi connectivity index (χ0n) is 6.48. The topological polar surface area (TPSA) is 17.1 Å². The van der Waals surface area contributed by atoms with Gasteiger partial charge in [0, 0.05) is 10.0 Å².